The van der Waals surface area contributed by atoms with E-state index in [0.29, 0.717) is 8.58 Å². The molecule has 26 heavy (non-hydrogen) atoms. The van der Waals surface area contributed by atoms with Gasteiger partial charge in [0.2, 0.25) is 0 Å². The van der Waals surface area contributed by atoms with E-state index in [2.05, 4.69) is 57.3 Å². The minimum absolute atomic E-state index is 0.0762. The van der Waals surface area contributed by atoms with Crippen LogP contribution in [0.5, 0.6) is 11.5 Å². The highest BCUT2D eigenvalue weighted by Crippen LogP contribution is 2.31. The van der Waals surface area contributed by atoms with Gasteiger partial charge in [0.25, 0.3) is 0 Å². The first-order valence-corrected chi connectivity index (χ1v) is 9.75. The normalized spacial score (nSPS) is 11.9. The number of aryl methyl sites for hydroxylation is 1. The summed E-state index contributed by atoms with van der Waals surface area (Å²) in [6.45, 7) is 9.76. The molecule has 5 heteroatoms. The van der Waals surface area contributed by atoms with Crippen molar-refractivity contribution in [3.05, 3.63) is 47.5 Å². The Hall–Kier alpha value is -1.61. The summed E-state index contributed by atoms with van der Waals surface area (Å²) in [7, 11) is 3.76. The number of nitrogens with one attached hydrogen (secondary N) is 1. The highest BCUT2D eigenvalue weighted by molar-refractivity contribution is 7.56. The number of rotatable bonds is 8. The van der Waals surface area contributed by atoms with Crippen molar-refractivity contribution in [3.63, 3.8) is 0 Å². The number of ether oxygens (including phenoxy) is 3. The third-order valence-corrected chi connectivity index (χ3v) is 5.58. The molecule has 1 atom stereocenters. The quantitative estimate of drug-likeness (QED) is 0.566. The second kappa shape index (κ2) is 9.36. The summed E-state index contributed by atoms with van der Waals surface area (Å²) in [5.74, 6) is 1.49. The minimum atomic E-state index is 0.0762. The van der Waals surface area contributed by atoms with Crippen LogP contribution in [0.3, 0.4) is 0 Å². The van der Waals surface area contributed by atoms with E-state index >= 15 is 0 Å². The van der Waals surface area contributed by atoms with Crippen LogP contribution in [0, 0.1) is 6.92 Å². The molecule has 0 saturated heterocycles. The van der Waals surface area contributed by atoms with Crippen LogP contribution >= 0.6 is 8.58 Å². The molecule has 2 aromatic rings. The molecular weight excluding hydrogens is 345 g/mol. The predicted octanol–water partition coefficient (Wildman–Crippen LogP) is 3.50. The fourth-order valence-electron chi connectivity index (χ4n) is 2.59. The molecule has 0 heterocycles. The summed E-state index contributed by atoms with van der Waals surface area (Å²) in [6, 6.07) is 12.5. The van der Waals surface area contributed by atoms with Crippen molar-refractivity contribution in [2.75, 3.05) is 21.0 Å². The summed E-state index contributed by atoms with van der Waals surface area (Å²) >= 11 is 0. The van der Waals surface area contributed by atoms with Crippen molar-refractivity contribution in [2.24, 2.45) is 0 Å². The van der Waals surface area contributed by atoms with Crippen LogP contribution in [-0.4, -0.2) is 26.6 Å². The van der Waals surface area contributed by atoms with Gasteiger partial charge in [-0.3, -0.25) is 0 Å². The van der Waals surface area contributed by atoms with Gasteiger partial charge in [-0.1, -0.05) is 38.9 Å². The first kappa shape index (κ1) is 20.7. The second-order valence-electron chi connectivity index (χ2n) is 7.23. The summed E-state index contributed by atoms with van der Waals surface area (Å²) in [4.78, 5) is 0. The van der Waals surface area contributed by atoms with Gasteiger partial charge in [0.05, 0.1) is 7.11 Å². The topological polar surface area (TPSA) is 39.7 Å². The zero-order valence-electron chi connectivity index (χ0n) is 16.6. The van der Waals surface area contributed by atoms with Crippen LogP contribution in [0.4, 0.5) is 0 Å². The smallest absolute Gasteiger partial charge is 0.188 e. The fraction of sp³-hybridized carbons (Fsp3) is 0.429. The van der Waals surface area contributed by atoms with E-state index in [-0.39, 0.29) is 12.3 Å². The van der Waals surface area contributed by atoms with Crippen molar-refractivity contribution < 1.29 is 14.2 Å². The fourth-order valence-corrected chi connectivity index (χ4v) is 3.96. The van der Waals surface area contributed by atoms with E-state index in [4.69, 9.17) is 14.2 Å². The predicted molar refractivity (Wildman–Crippen MR) is 111 cm³/mol. The van der Waals surface area contributed by atoms with Gasteiger partial charge in [-0.2, -0.15) is 0 Å². The molecule has 0 amide bonds. The Morgan fingerprint density at radius 2 is 1.77 bits per heavy atom. The molecule has 0 fully saturated rings. The third-order valence-electron chi connectivity index (χ3n) is 3.95. The summed E-state index contributed by atoms with van der Waals surface area (Å²) in [5.41, 5.74) is 2.68. The lowest BCUT2D eigenvalue weighted by molar-refractivity contribution is 0.0500. The van der Waals surface area contributed by atoms with Gasteiger partial charge in [0.15, 0.2) is 18.3 Å². The lowest BCUT2D eigenvalue weighted by Gasteiger charge is -2.23. The molecule has 0 bridgehead atoms. The average molecular weight is 375 g/mol. The number of para-hydroxylation sites is 1. The molecule has 0 saturated carbocycles. The molecule has 1 N–H and O–H groups in total. The van der Waals surface area contributed by atoms with Crippen molar-refractivity contribution in [1.82, 2.24) is 5.32 Å². The van der Waals surface area contributed by atoms with Gasteiger partial charge in [0.1, 0.15) is 0 Å². The first-order valence-electron chi connectivity index (χ1n) is 8.75. The number of methoxy groups -OCH3 is 2. The van der Waals surface area contributed by atoms with E-state index in [1.807, 2.05) is 12.1 Å². The Labute approximate surface area is 159 Å². The zero-order chi connectivity index (χ0) is 19.2. The van der Waals surface area contributed by atoms with Crippen LogP contribution < -0.4 is 25.4 Å². The molecule has 0 aliphatic rings. The summed E-state index contributed by atoms with van der Waals surface area (Å²) < 4.78 is 16.4. The Bertz CT molecular complexity index is 726. The standard InChI is InChI=1S/C21H30NO3P/c1-15-9-7-10-16(13-22-21(2,3)4)20(15)26-18-12-8-11-17(24-6)19(18)25-14-23-5/h7-12,22,26H,13-14H2,1-6H3. The van der Waals surface area contributed by atoms with Crippen LogP contribution in [0.25, 0.3) is 0 Å². The van der Waals surface area contributed by atoms with Crippen LogP contribution in [-0.2, 0) is 11.3 Å². The van der Waals surface area contributed by atoms with Crippen molar-refractivity contribution in [2.45, 2.75) is 39.8 Å². The molecule has 0 spiro atoms. The Morgan fingerprint density at radius 1 is 1.04 bits per heavy atom. The molecule has 4 nitrogen and oxygen atoms in total. The van der Waals surface area contributed by atoms with Gasteiger partial charge in [0, 0.05) is 24.5 Å². The van der Waals surface area contributed by atoms with Gasteiger partial charge in [-0.05, 0) is 50.2 Å². The molecule has 142 valence electrons. The Balaban J connectivity index is 2.36. The van der Waals surface area contributed by atoms with Gasteiger partial charge in [-0.25, -0.2) is 0 Å². The highest BCUT2D eigenvalue weighted by atomic mass is 31.1. The number of hydrogen-bond acceptors (Lipinski definition) is 4. The van der Waals surface area contributed by atoms with Gasteiger partial charge < -0.3 is 19.5 Å². The lowest BCUT2D eigenvalue weighted by Crippen LogP contribution is -2.36. The SMILES string of the molecule is COCOc1c(OC)cccc1Pc1c(C)cccc1CNC(C)(C)C. The Kier molecular flexibility index (Phi) is 7.45. The van der Waals surface area contributed by atoms with Crippen molar-refractivity contribution >= 4 is 19.2 Å². The maximum Gasteiger partial charge on any atom is 0.188 e. The van der Waals surface area contributed by atoms with E-state index in [1.165, 1.54) is 16.4 Å². The monoisotopic (exact) mass is 375 g/mol. The molecule has 0 aliphatic carbocycles. The molecule has 2 rings (SSSR count). The van der Waals surface area contributed by atoms with Gasteiger partial charge >= 0.3 is 0 Å². The minimum Gasteiger partial charge on any atom is -0.493 e. The number of benzene rings is 2. The summed E-state index contributed by atoms with van der Waals surface area (Å²) in [6.07, 6.45) is 0. The third kappa shape index (κ3) is 5.70. The molecule has 0 radical (unpaired) electrons. The second-order valence-corrected chi connectivity index (χ2v) is 8.51. The van der Waals surface area contributed by atoms with E-state index in [0.717, 1.165) is 23.3 Å². The zero-order valence-corrected chi connectivity index (χ0v) is 17.6. The van der Waals surface area contributed by atoms with Gasteiger partial charge in [-0.15, -0.1) is 0 Å². The van der Waals surface area contributed by atoms with Crippen LogP contribution in [0.15, 0.2) is 36.4 Å². The van der Waals surface area contributed by atoms with E-state index < -0.39 is 0 Å². The van der Waals surface area contributed by atoms with Crippen molar-refractivity contribution in [3.8, 4) is 11.5 Å². The molecular formula is C21H30NO3P. The molecule has 1 unspecified atom stereocenters. The maximum absolute atomic E-state index is 5.82. The molecule has 2 aromatic carbocycles. The van der Waals surface area contributed by atoms with E-state index in [9.17, 15) is 0 Å². The Morgan fingerprint density at radius 3 is 2.42 bits per heavy atom. The number of hydrogen-bond donors (Lipinski definition) is 1. The van der Waals surface area contributed by atoms with Crippen LogP contribution in [0.2, 0.25) is 0 Å². The van der Waals surface area contributed by atoms with Crippen LogP contribution in [0.1, 0.15) is 31.9 Å². The summed E-state index contributed by atoms with van der Waals surface area (Å²) in [5, 5.41) is 6.06. The molecule has 0 aliphatic heterocycles. The van der Waals surface area contributed by atoms with Crippen molar-refractivity contribution in [1.29, 1.82) is 0 Å². The molecule has 0 aromatic heterocycles. The average Bonchev–Trinajstić information content (AvgIpc) is 2.60. The largest absolute Gasteiger partial charge is 0.493 e. The lowest BCUT2D eigenvalue weighted by atomic mass is 10.1. The van der Waals surface area contributed by atoms with E-state index in [1.54, 1.807) is 14.2 Å². The first-order chi connectivity index (χ1) is 12.4. The highest BCUT2D eigenvalue weighted by Gasteiger charge is 2.16. The maximum atomic E-state index is 5.82.